The van der Waals surface area contributed by atoms with Crippen molar-refractivity contribution in [3.8, 4) is 5.75 Å². The highest BCUT2D eigenvalue weighted by Gasteiger charge is 2.12. The van der Waals surface area contributed by atoms with Crippen LogP contribution in [0, 0.1) is 0 Å². The van der Waals surface area contributed by atoms with Crippen LogP contribution in [0.25, 0.3) is 11.0 Å². The first-order chi connectivity index (χ1) is 11.7. The number of hydrogen-bond acceptors (Lipinski definition) is 3. The zero-order valence-corrected chi connectivity index (χ0v) is 14.0. The lowest BCUT2D eigenvalue weighted by atomic mass is 10.1. The number of ether oxygens (including phenoxy) is 1. The maximum absolute atomic E-state index is 12.3. The fraction of sp³-hybridized carbons (Fsp3) is 0.263. The first-order valence-corrected chi connectivity index (χ1v) is 8.09. The number of carbonyl (C=O) groups is 1. The van der Waals surface area contributed by atoms with E-state index in [0.717, 1.165) is 28.9 Å². The Labute approximate surface area is 141 Å². The fourth-order valence-electron chi connectivity index (χ4n) is 2.76. The van der Waals surface area contributed by atoms with Gasteiger partial charge in [-0.25, -0.2) is 4.98 Å². The van der Waals surface area contributed by atoms with Gasteiger partial charge >= 0.3 is 0 Å². The predicted octanol–water partition coefficient (Wildman–Crippen LogP) is 3.64. The van der Waals surface area contributed by atoms with Crippen LogP contribution in [0.3, 0.4) is 0 Å². The average molecular weight is 323 g/mol. The van der Waals surface area contributed by atoms with Gasteiger partial charge in [-0.2, -0.15) is 0 Å². The summed E-state index contributed by atoms with van der Waals surface area (Å²) in [6.07, 6.45) is 1.06. The third-order valence-electron chi connectivity index (χ3n) is 4.00. The Kier molecular flexibility index (Phi) is 4.79. The fourth-order valence-corrected chi connectivity index (χ4v) is 2.76. The van der Waals surface area contributed by atoms with E-state index in [2.05, 4.69) is 10.3 Å². The lowest BCUT2D eigenvalue weighted by Gasteiger charge is -2.08. The van der Waals surface area contributed by atoms with E-state index < -0.39 is 0 Å². The molecule has 0 bridgehead atoms. The summed E-state index contributed by atoms with van der Waals surface area (Å²) in [4.78, 5) is 16.8. The lowest BCUT2D eigenvalue weighted by molar-refractivity contribution is -0.116. The molecular formula is C19H21N3O2. The van der Waals surface area contributed by atoms with E-state index in [0.29, 0.717) is 18.8 Å². The molecule has 0 aliphatic heterocycles. The molecule has 5 nitrogen and oxygen atoms in total. The third-order valence-corrected chi connectivity index (χ3v) is 4.00. The molecule has 24 heavy (non-hydrogen) atoms. The Hall–Kier alpha value is -2.82. The number of imidazole rings is 1. The average Bonchev–Trinajstić information content (AvgIpc) is 2.97. The molecule has 0 aliphatic carbocycles. The largest absolute Gasteiger partial charge is 0.497 e. The van der Waals surface area contributed by atoms with Gasteiger partial charge in [-0.1, -0.05) is 24.3 Å². The van der Waals surface area contributed by atoms with Crippen molar-refractivity contribution < 1.29 is 9.53 Å². The van der Waals surface area contributed by atoms with Crippen LogP contribution in [0.1, 0.15) is 18.9 Å². The van der Waals surface area contributed by atoms with Crippen molar-refractivity contribution in [1.29, 1.82) is 0 Å². The van der Waals surface area contributed by atoms with Crippen LogP contribution in [0.5, 0.6) is 5.75 Å². The number of rotatable bonds is 6. The number of para-hydroxylation sites is 2. The van der Waals surface area contributed by atoms with Crippen LogP contribution in [-0.2, 0) is 17.8 Å². The van der Waals surface area contributed by atoms with Crippen LogP contribution >= 0.6 is 0 Å². The van der Waals surface area contributed by atoms with Gasteiger partial charge in [-0.05, 0) is 43.2 Å². The van der Waals surface area contributed by atoms with Crippen LogP contribution in [0.15, 0.2) is 48.5 Å². The summed E-state index contributed by atoms with van der Waals surface area (Å²) in [6.45, 7) is 2.80. The smallest absolute Gasteiger partial charge is 0.227 e. The van der Waals surface area contributed by atoms with Crippen LogP contribution in [0.4, 0.5) is 5.95 Å². The van der Waals surface area contributed by atoms with Crippen molar-refractivity contribution in [3.05, 3.63) is 54.1 Å². The van der Waals surface area contributed by atoms with Gasteiger partial charge in [0.05, 0.1) is 18.1 Å². The molecule has 3 rings (SSSR count). The molecule has 0 aliphatic rings. The SMILES string of the molecule is CCn1c(NC(=O)CCc2cccc(OC)c2)nc2ccccc21. The van der Waals surface area contributed by atoms with E-state index in [4.69, 9.17) is 4.74 Å². The molecule has 3 aromatic rings. The Morgan fingerprint density at radius 3 is 2.83 bits per heavy atom. The molecule has 124 valence electrons. The third kappa shape index (κ3) is 3.40. The molecule has 1 N–H and O–H groups in total. The second kappa shape index (κ2) is 7.17. The minimum atomic E-state index is -0.0390. The molecule has 1 amide bonds. The summed E-state index contributed by atoms with van der Waals surface area (Å²) in [5.41, 5.74) is 3.00. The van der Waals surface area contributed by atoms with Crippen molar-refractivity contribution in [2.45, 2.75) is 26.3 Å². The van der Waals surface area contributed by atoms with Crippen molar-refractivity contribution in [2.75, 3.05) is 12.4 Å². The maximum Gasteiger partial charge on any atom is 0.227 e. The normalized spacial score (nSPS) is 10.8. The Morgan fingerprint density at radius 2 is 2.04 bits per heavy atom. The molecule has 2 aromatic carbocycles. The summed E-state index contributed by atoms with van der Waals surface area (Å²) in [6, 6.07) is 15.7. The van der Waals surface area contributed by atoms with Gasteiger partial charge in [-0.3, -0.25) is 10.1 Å². The van der Waals surface area contributed by atoms with Gasteiger partial charge in [-0.15, -0.1) is 0 Å². The topological polar surface area (TPSA) is 56.2 Å². The number of aryl methyl sites for hydroxylation is 2. The van der Waals surface area contributed by atoms with Crippen LogP contribution < -0.4 is 10.1 Å². The first kappa shape index (κ1) is 16.1. The summed E-state index contributed by atoms with van der Waals surface area (Å²) in [5, 5.41) is 2.93. The maximum atomic E-state index is 12.3. The van der Waals surface area contributed by atoms with E-state index in [1.54, 1.807) is 7.11 Å². The molecule has 5 heteroatoms. The highest BCUT2D eigenvalue weighted by atomic mass is 16.5. The van der Waals surface area contributed by atoms with Crippen LogP contribution in [0.2, 0.25) is 0 Å². The number of carbonyl (C=O) groups excluding carboxylic acids is 1. The van der Waals surface area contributed by atoms with Gasteiger partial charge in [0.25, 0.3) is 0 Å². The molecule has 0 saturated heterocycles. The van der Waals surface area contributed by atoms with E-state index >= 15 is 0 Å². The van der Waals surface area contributed by atoms with Crippen molar-refractivity contribution >= 4 is 22.9 Å². The van der Waals surface area contributed by atoms with Gasteiger partial charge < -0.3 is 9.30 Å². The molecule has 0 fully saturated rings. The Balaban J connectivity index is 1.68. The van der Waals surface area contributed by atoms with E-state index in [9.17, 15) is 4.79 Å². The molecule has 0 atom stereocenters. The van der Waals surface area contributed by atoms with Gasteiger partial charge in [0.15, 0.2) is 0 Å². The molecule has 0 saturated carbocycles. The monoisotopic (exact) mass is 323 g/mol. The minimum absolute atomic E-state index is 0.0390. The number of methoxy groups -OCH3 is 1. The zero-order valence-electron chi connectivity index (χ0n) is 14.0. The van der Waals surface area contributed by atoms with Crippen molar-refractivity contribution in [2.24, 2.45) is 0 Å². The second-order valence-corrected chi connectivity index (χ2v) is 5.57. The molecule has 1 heterocycles. The molecule has 0 spiro atoms. The lowest BCUT2D eigenvalue weighted by Crippen LogP contribution is -2.16. The minimum Gasteiger partial charge on any atom is -0.497 e. The Bertz CT molecular complexity index is 855. The highest BCUT2D eigenvalue weighted by Crippen LogP contribution is 2.20. The second-order valence-electron chi connectivity index (χ2n) is 5.57. The number of benzene rings is 2. The highest BCUT2D eigenvalue weighted by molar-refractivity contribution is 5.91. The zero-order chi connectivity index (χ0) is 16.9. The summed E-state index contributed by atoms with van der Waals surface area (Å²) < 4.78 is 7.22. The first-order valence-electron chi connectivity index (χ1n) is 8.09. The summed E-state index contributed by atoms with van der Waals surface area (Å²) in [7, 11) is 1.64. The Morgan fingerprint density at radius 1 is 1.21 bits per heavy atom. The van der Waals surface area contributed by atoms with E-state index in [1.165, 1.54) is 0 Å². The molecule has 1 aromatic heterocycles. The van der Waals surface area contributed by atoms with E-state index in [1.807, 2.05) is 60.0 Å². The number of nitrogens with one attached hydrogen (secondary N) is 1. The predicted molar refractivity (Wildman–Crippen MR) is 95.4 cm³/mol. The summed E-state index contributed by atoms with van der Waals surface area (Å²) >= 11 is 0. The number of amides is 1. The molecule has 0 unspecified atom stereocenters. The number of hydrogen-bond donors (Lipinski definition) is 1. The summed E-state index contributed by atoms with van der Waals surface area (Å²) in [5.74, 6) is 1.37. The quantitative estimate of drug-likeness (QED) is 0.753. The number of aromatic nitrogens is 2. The van der Waals surface area contributed by atoms with Gasteiger partial charge in [0.2, 0.25) is 11.9 Å². The van der Waals surface area contributed by atoms with Gasteiger partial charge in [0.1, 0.15) is 5.75 Å². The number of nitrogens with zero attached hydrogens (tertiary/aromatic N) is 2. The molecule has 0 radical (unpaired) electrons. The van der Waals surface area contributed by atoms with Gasteiger partial charge in [0, 0.05) is 13.0 Å². The number of fused-ring (bicyclic) bond motifs is 1. The van der Waals surface area contributed by atoms with Crippen molar-refractivity contribution in [3.63, 3.8) is 0 Å². The standard InChI is InChI=1S/C19H21N3O2/c1-3-22-17-10-5-4-9-16(17)20-19(22)21-18(23)12-11-14-7-6-8-15(13-14)24-2/h4-10,13H,3,11-12H2,1-2H3,(H,20,21,23). The van der Waals surface area contributed by atoms with Crippen LogP contribution in [-0.4, -0.2) is 22.6 Å². The van der Waals surface area contributed by atoms with E-state index in [-0.39, 0.29) is 5.91 Å². The molecular weight excluding hydrogens is 302 g/mol. The van der Waals surface area contributed by atoms with Crippen molar-refractivity contribution in [1.82, 2.24) is 9.55 Å². The number of anilines is 1.